The first-order valence-electron chi connectivity index (χ1n) is 10.1. The molecule has 4 rings (SSSR count). The van der Waals surface area contributed by atoms with Crippen molar-refractivity contribution >= 4 is 0 Å². The Morgan fingerprint density at radius 3 is 1.44 bits per heavy atom. The minimum Gasteiger partial charge on any atom is -0.508 e. The molecule has 1 aromatic carbocycles. The van der Waals surface area contributed by atoms with Crippen molar-refractivity contribution in [3.05, 3.63) is 37.8 Å². The fourth-order valence-corrected chi connectivity index (χ4v) is 4.45. The Kier molecular flexibility index (Phi) is 22.6. The van der Waals surface area contributed by atoms with Gasteiger partial charge in [-0.3, -0.25) is 0 Å². The second-order valence-corrected chi connectivity index (χ2v) is 5.93. The Balaban J connectivity index is -0.000000290. The number of hydrogen-bond donors (Lipinski definition) is 1. The molecule has 145 valence electrons. The topological polar surface area (TPSA) is 20.2 Å². The van der Waals surface area contributed by atoms with Gasteiger partial charge in [0.15, 0.2) is 0 Å². The zero-order valence-electron chi connectivity index (χ0n) is 18.0. The standard InChI is InChI=1S/C10H16.C6H6O.3C2H6.CH3.Y/c1-2-9-7-4-5-8(6-7)10(9)3-1;7-6-4-2-1-3-5-6;3*1-2;;/h7-10H,1-6H2;1-5,7H;3*1-2H3;1H3;/q;;;;;-1;. The Morgan fingerprint density at radius 2 is 1.12 bits per heavy atom. The minimum absolute atomic E-state index is 0. The van der Waals surface area contributed by atoms with E-state index in [-0.39, 0.29) is 40.1 Å². The number of benzene rings is 1. The zero-order chi connectivity index (χ0) is 17.7. The quantitative estimate of drug-likeness (QED) is 0.422. The molecule has 0 amide bonds. The molecule has 0 spiro atoms. The first-order valence-corrected chi connectivity index (χ1v) is 10.1. The third kappa shape index (κ3) is 9.57. The van der Waals surface area contributed by atoms with Crippen molar-refractivity contribution < 1.29 is 37.8 Å². The van der Waals surface area contributed by atoms with Crippen molar-refractivity contribution in [2.45, 2.75) is 80.1 Å². The van der Waals surface area contributed by atoms with E-state index in [1.165, 1.54) is 23.7 Å². The molecule has 2 heteroatoms. The molecule has 4 unspecified atom stereocenters. The van der Waals surface area contributed by atoms with Crippen molar-refractivity contribution in [1.82, 2.24) is 0 Å². The molecule has 0 aromatic heterocycles. The van der Waals surface area contributed by atoms with Crippen LogP contribution < -0.4 is 0 Å². The summed E-state index contributed by atoms with van der Waals surface area (Å²) in [5, 5.41) is 8.63. The molecule has 2 bridgehead atoms. The van der Waals surface area contributed by atoms with Crippen LogP contribution in [0.15, 0.2) is 30.3 Å². The molecular formula is C23H43OY-. The summed E-state index contributed by atoms with van der Waals surface area (Å²) in [6.45, 7) is 12.0. The van der Waals surface area contributed by atoms with Gasteiger partial charge in [0.05, 0.1) is 0 Å². The molecule has 0 aliphatic heterocycles. The van der Waals surface area contributed by atoms with E-state index >= 15 is 0 Å². The third-order valence-electron chi connectivity index (χ3n) is 5.11. The van der Waals surface area contributed by atoms with Crippen molar-refractivity contribution in [3.8, 4) is 5.75 Å². The summed E-state index contributed by atoms with van der Waals surface area (Å²) in [5.41, 5.74) is 0. The van der Waals surface area contributed by atoms with E-state index in [9.17, 15) is 0 Å². The second-order valence-electron chi connectivity index (χ2n) is 5.93. The van der Waals surface area contributed by atoms with Crippen LogP contribution in [-0.2, 0) is 32.7 Å². The van der Waals surface area contributed by atoms with E-state index in [4.69, 9.17) is 5.11 Å². The second kappa shape index (κ2) is 18.9. The first-order chi connectivity index (χ1) is 11.3. The Morgan fingerprint density at radius 1 is 0.720 bits per heavy atom. The van der Waals surface area contributed by atoms with E-state index < -0.39 is 0 Å². The zero-order valence-corrected chi connectivity index (χ0v) is 20.8. The summed E-state index contributed by atoms with van der Waals surface area (Å²) in [6, 6.07) is 8.71. The molecule has 1 N–H and O–H groups in total. The van der Waals surface area contributed by atoms with Crippen LogP contribution in [0.3, 0.4) is 0 Å². The van der Waals surface area contributed by atoms with Crippen LogP contribution in [0.4, 0.5) is 0 Å². The van der Waals surface area contributed by atoms with Gasteiger partial charge in [0, 0.05) is 32.7 Å². The van der Waals surface area contributed by atoms with Gasteiger partial charge in [-0.1, -0.05) is 66.2 Å². The van der Waals surface area contributed by atoms with Gasteiger partial charge in [0.25, 0.3) is 0 Å². The summed E-state index contributed by atoms with van der Waals surface area (Å²) in [7, 11) is 0. The number of phenolic OH excluding ortho intramolecular Hbond substituents is 1. The maximum Gasteiger partial charge on any atom is 0.115 e. The molecule has 1 nitrogen and oxygen atoms in total. The Hall–Kier alpha value is 0.124. The van der Waals surface area contributed by atoms with E-state index in [2.05, 4.69) is 0 Å². The van der Waals surface area contributed by atoms with Crippen LogP contribution in [0.5, 0.6) is 5.75 Å². The van der Waals surface area contributed by atoms with Gasteiger partial charge in [-0.2, -0.15) is 0 Å². The molecule has 0 saturated heterocycles. The smallest absolute Gasteiger partial charge is 0.115 e. The van der Waals surface area contributed by atoms with Gasteiger partial charge >= 0.3 is 0 Å². The Labute approximate surface area is 184 Å². The number of hydrogen-bond acceptors (Lipinski definition) is 1. The van der Waals surface area contributed by atoms with Gasteiger partial charge in [0.1, 0.15) is 5.75 Å². The maximum atomic E-state index is 8.63. The predicted molar refractivity (Wildman–Crippen MR) is 110 cm³/mol. The van der Waals surface area contributed by atoms with Crippen molar-refractivity contribution in [1.29, 1.82) is 0 Å². The van der Waals surface area contributed by atoms with E-state index in [0.717, 1.165) is 0 Å². The average Bonchev–Trinajstić information content (AvgIpc) is 3.36. The van der Waals surface area contributed by atoms with Crippen LogP contribution >= 0.6 is 0 Å². The number of phenols is 1. The third-order valence-corrected chi connectivity index (χ3v) is 5.11. The molecule has 1 aromatic rings. The van der Waals surface area contributed by atoms with E-state index in [1.807, 2.05) is 47.6 Å². The Bertz CT molecular complexity index is 350. The van der Waals surface area contributed by atoms with Crippen LogP contribution in [0, 0.1) is 31.1 Å². The van der Waals surface area contributed by atoms with Crippen molar-refractivity contribution in [2.24, 2.45) is 23.7 Å². The number of rotatable bonds is 0. The first kappa shape index (κ1) is 29.9. The largest absolute Gasteiger partial charge is 0.508 e. The summed E-state index contributed by atoms with van der Waals surface area (Å²) in [4.78, 5) is 0. The number of para-hydroxylation sites is 1. The molecule has 3 aliphatic carbocycles. The van der Waals surface area contributed by atoms with Crippen LogP contribution in [0.2, 0.25) is 0 Å². The molecule has 1 radical (unpaired) electrons. The van der Waals surface area contributed by atoms with Gasteiger partial charge < -0.3 is 12.5 Å². The number of aromatic hydroxyl groups is 1. The summed E-state index contributed by atoms with van der Waals surface area (Å²) in [6.07, 6.45) is 9.53. The average molecular weight is 425 g/mol. The molecule has 3 aliphatic rings. The fourth-order valence-electron chi connectivity index (χ4n) is 4.45. The SMILES string of the molecule is C1CC2C3CCC(C3)C2C1.CC.CC.CC.Oc1ccccc1.[CH3-].[Y]. The van der Waals surface area contributed by atoms with Crippen LogP contribution in [-0.4, -0.2) is 5.11 Å². The molecule has 3 saturated carbocycles. The molecular weight excluding hydrogens is 381 g/mol. The normalized spacial score (nSPS) is 26.2. The molecule has 3 fully saturated rings. The van der Waals surface area contributed by atoms with E-state index in [1.54, 1.807) is 62.8 Å². The summed E-state index contributed by atoms with van der Waals surface area (Å²) in [5.74, 6) is 5.12. The van der Waals surface area contributed by atoms with E-state index in [0.29, 0.717) is 5.75 Å². The van der Waals surface area contributed by atoms with Gasteiger partial charge in [-0.25, -0.2) is 0 Å². The summed E-state index contributed by atoms with van der Waals surface area (Å²) >= 11 is 0. The van der Waals surface area contributed by atoms with Crippen LogP contribution in [0.25, 0.3) is 0 Å². The molecule has 25 heavy (non-hydrogen) atoms. The fraction of sp³-hybridized carbons (Fsp3) is 0.696. The van der Waals surface area contributed by atoms with Crippen LogP contribution in [0.1, 0.15) is 80.1 Å². The summed E-state index contributed by atoms with van der Waals surface area (Å²) < 4.78 is 0. The molecule has 0 heterocycles. The van der Waals surface area contributed by atoms with Crippen molar-refractivity contribution in [2.75, 3.05) is 0 Å². The molecule has 4 atom stereocenters. The monoisotopic (exact) mass is 424 g/mol. The minimum atomic E-state index is 0. The van der Waals surface area contributed by atoms with Gasteiger partial charge in [-0.05, 0) is 67.9 Å². The maximum absolute atomic E-state index is 8.63. The number of fused-ring (bicyclic) bond motifs is 5. The van der Waals surface area contributed by atoms with Gasteiger partial charge in [0.2, 0.25) is 0 Å². The van der Waals surface area contributed by atoms with Gasteiger partial charge in [-0.15, -0.1) is 0 Å². The predicted octanol–water partition coefficient (Wildman–Crippen LogP) is 7.75. The van der Waals surface area contributed by atoms with Crippen molar-refractivity contribution in [3.63, 3.8) is 0 Å².